The lowest BCUT2D eigenvalue weighted by Crippen LogP contribution is -2.32. The van der Waals surface area contributed by atoms with Crippen molar-refractivity contribution in [3.8, 4) is 0 Å². The predicted octanol–water partition coefficient (Wildman–Crippen LogP) is 3.24. The maximum absolute atomic E-state index is 4.38. The Morgan fingerprint density at radius 3 is 2.53 bits per heavy atom. The molecule has 0 saturated carbocycles. The van der Waals surface area contributed by atoms with Crippen LogP contribution in [0.25, 0.3) is 0 Å². The number of aryl methyl sites for hydroxylation is 1. The minimum Gasteiger partial charge on any atom is -0.308 e. The molecule has 0 radical (unpaired) electrons. The van der Waals surface area contributed by atoms with Crippen LogP contribution < -0.4 is 5.32 Å². The number of nitrogens with zero attached hydrogens (tertiary/aromatic N) is 2. The van der Waals surface area contributed by atoms with Crippen molar-refractivity contribution in [3.63, 3.8) is 0 Å². The Labute approximate surface area is 106 Å². The van der Waals surface area contributed by atoms with Crippen molar-refractivity contribution < 1.29 is 0 Å². The smallest absolute Gasteiger partial charge is 0.0556 e. The molecule has 17 heavy (non-hydrogen) atoms. The molecule has 98 valence electrons. The molecule has 1 heterocycles. The number of rotatable bonds is 7. The predicted molar refractivity (Wildman–Crippen MR) is 72.9 cm³/mol. The van der Waals surface area contributed by atoms with E-state index in [-0.39, 0.29) is 0 Å². The molecule has 1 rings (SSSR count). The third-order valence-corrected chi connectivity index (χ3v) is 3.56. The van der Waals surface area contributed by atoms with Crippen molar-refractivity contribution in [2.24, 2.45) is 11.8 Å². The molecule has 0 aromatic carbocycles. The first-order chi connectivity index (χ1) is 8.11. The van der Waals surface area contributed by atoms with Crippen LogP contribution in [-0.2, 0) is 6.54 Å². The third-order valence-electron chi connectivity index (χ3n) is 3.56. The van der Waals surface area contributed by atoms with Gasteiger partial charge in [-0.1, -0.05) is 27.7 Å². The molecule has 1 aromatic rings. The molecule has 0 aliphatic carbocycles. The third kappa shape index (κ3) is 3.56. The van der Waals surface area contributed by atoms with E-state index in [1.54, 1.807) is 0 Å². The standard InChI is InChI=1S/C14H27N3/c1-6-9-15-14(12(5)11(3)4)13-8-10-16-17(13)7-2/h8,10-12,14-15H,6-7,9H2,1-5H3. The van der Waals surface area contributed by atoms with Crippen LogP contribution in [0.5, 0.6) is 0 Å². The van der Waals surface area contributed by atoms with Gasteiger partial charge in [-0.05, 0) is 37.8 Å². The normalized spacial score (nSPS) is 15.2. The maximum atomic E-state index is 4.38. The average molecular weight is 237 g/mol. The molecule has 0 fully saturated rings. The van der Waals surface area contributed by atoms with Crippen molar-refractivity contribution in [1.82, 2.24) is 15.1 Å². The summed E-state index contributed by atoms with van der Waals surface area (Å²) in [6.45, 7) is 13.3. The van der Waals surface area contributed by atoms with Gasteiger partial charge in [0.2, 0.25) is 0 Å². The summed E-state index contributed by atoms with van der Waals surface area (Å²) in [7, 11) is 0. The molecular weight excluding hydrogens is 210 g/mol. The fourth-order valence-electron chi connectivity index (χ4n) is 2.12. The highest BCUT2D eigenvalue weighted by atomic mass is 15.3. The van der Waals surface area contributed by atoms with E-state index < -0.39 is 0 Å². The second-order valence-electron chi connectivity index (χ2n) is 5.11. The van der Waals surface area contributed by atoms with Crippen molar-refractivity contribution in [2.45, 2.75) is 53.6 Å². The Morgan fingerprint density at radius 2 is 2.00 bits per heavy atom. The molecule has 0 aliphatic heterocycles. The molecule has 0 spiro atoms. The van der Waals surface area contributed by atoms with E-state index in [1.165, 1.54) is 12.1 Å². The molecule has 0 aliphatic rings. The molecule has 1 aromatic heterocycles. The summed E-state index contributed by atoms with van der Waals surface area (Å²) < 4.78 is 2.10. The number of nitrogens with one attached hydrogen (secondary N) is 1. The quantitative estimate of drug-likeness (QED) is 0.789. The van der Waals surface area contributed by atoms with E-state index in [1.807, 2.05) is 6.20 Å². The van der Waals surface area contributed by atoms with Crippen LogP contribution in [0.2, 0.25) is 0 Å². The fourth-order valence-corrected chi connectivity index (χ4v) is 2.12. The number of hydrogen-bond acceptors (Lipinski definition) is 2. The SMILES string of the molecule is CCCNC(c1ccnn1CC)C(C)C(C)C. The molecule has 3 nitrogen and oxygen atoms in total. The minimum atomic E-state index is 0.414. The fraction of sp³-hybridized carbons (Fsp3) is 0.786. The van der Waals surface area contributed by atoms with Gasteiger partial charge in [0.05, 0.1) is 11.7 Å². The Hall–Kier alpha value is -0.830. The Bertz CT molecular complexity index is 317. The van der Waals surface area contributed by atoms with Crippen LogP contribution in [0, 0.1) is 11.8 Å². The minimum absolute atomic E-state index is 0.414. The average Bonchev–Trinajstić information content (AvgIpc) is 2.77. The van der Waals surface area contributed by atoms with Gasteiger partial charge < -0.3 is 5.32 Å². The van der Waals surface area contributed by atoms with E-state index in [4.69, 9.17) is 0 Å². The van der Waals surface area contributed by atoms with Crippen LogP contribution in [0.4, 0.5) is 0 Å². The summed E-state index contributed by atoms with van der Waals surface area (Å²) in [5.74, 6) is 1.29. The van der Waals surface area contributed by atoms with Gasteiger partial charge in [0.25, 0.3) is 0 Å². The zero-order chi connectivity index (χ0) is 12.8. The van der Waals surface area contributed by atoms with Gasteiger partial charge in [-0.3, -0.25) is 4.68 Å². The Kier molecular flexibility index (Phi) is 5.69. The number of aromatic nitrogens is 2. The van der Waals surface area contributed by atoms with Crippen molar-refractivity contribution in [1.29, 1.82) is 0 Å². The summed E-state index contributed by atoms with van der Waals surface area (Å²) in [5, 5.41) is 8.05. The lowest BCUT2D eigenvalue weighted by Gasteiger charge is -2.28. The van der Waals surface area contributed by atoms with Crippen molar-refractivity contribution >= 4 is 0 Å². The van der Waals surface area contributed by atoms with Crippen molar-refractivity contribution in [3.05, 3.63) is 18.0 Å². The molecule has 2 unspecified atom stereocenters. The highest BCUT2D eigenvalue weighted by molar-refractivity contribution is 5.08. The van der Waals surface area contributed by atoms with E-state index in [0.29, 0.717) is 17.9 Å². The van der Waals surface area contributed by atoms with E-state index >= 15 is 0 Å². The molecule has 0 saturated heterocycles. The van der Waals surface area contributed by atoms with E-state index in [9.17, 15) is 0 Å². The van der Waals surface area contributed by atoms with Crippen LogP contribution in [-0.4, -0.2) is 16.3 Å². The first-order valence-corrected chi connectivity index (χ1v) is 6.86. The van der Waals surface area contributed by atoms with Crippen LogP contribution in [0.3, 0.4) is 0 Å². The van der Waals surface area contributed by atoms with Crippen LogP contribution in [0.15, 0.2) is 12.3 Å². The topological polar surface area (TPSA) is 29.9 Å². The van der Waals surface area contributed by atoms with Crippen LogP contribution >= 0.6 is 0 Å². The lowest BCUT2D eigenvalue weighted by atomic mass is 9.88. The monoisotopic (exact) mass is 237 g/mol. The van der Waals surface area contributed by atoms with Crippen molar-refractivity contribution in [2.75, 3.05) is 6.54 Å². The maximum Gasteiger partial charge on any atom is 0.0556 e. The van der Waals surface area contributed by atoms with E-state index in [0.717, 1.165) is 13.1 Å². The Balaban J connectivity index is 2.89. The molecular formula is C14H27N3. The van der Waals surface area contributed by atoms with Gasteiger partial charge in [-0.2, -0.15) is 5.10 Å². The molecule has 2 atom stereocenters. The van der Waals surface area contributed by atoms with Crippen LogP contribution in [0.1, 0.15) is 52.8 Å². The highest BCUT2D eigenvalue weighted by Gasteiger charge is 2.23. The molecule has 1 N–H and O–H groups in total. The second kappa shape index (κ2) is 6.80. The Morgan fingerprint density at radius 1 is 1.29 bits per heavy atom. The zero-order valence-corrected chi connectivity index (χ0v) is 11.9. The highest BCUT2D eigenvalue weighted by Crippen LogP contribution is 2.27. The molecule has 0 amide bonds. The summed E-state index contributed by atoms with van der Waals surface area (Å²) >= 11 is 0. The molecule has 0 bridgehead atoms. The van der Waals surface area contributed by atoms with Gasteiger partial charge in [-0.15, -0.1) is 0 Å². The van der Waals surface area contributed by atoms with E-state index in [2.05, 4.69) is 55.8 Å². The summed E-state index contributed by atoms with van der Waals surface area (Å²) in [5.41, 5.74) is 1.32. The first kappa shape index (κ1) is 14.2. The summed E-state index contributed by atoms with van der Waals surface area (Å²) in [6, 6.07) is 2.56. The lowest BCUT2D eigenvalue weighted by molar-refractivity contribution is 0.290. The first-order valence-electron chi connectivity index (χ1n) is 6.86. The van der Waals surface area contributed by atoms with Gasteiger partial charge in [0.15, 0.2) is 0 Å². The second-order valence-corrected chi connectivity index (χ2v) is 5.11. The van der Waals surface area contributed by atoms with Gasteiger partial charge in [0, 0.05) is 12.7 Å². The van der Waals surface area contributed by atoms with Gasteiger partial charge in [-0.25, -0.2) is 0 Å². The zero-order valence-electron chi connectivity index (χ0n) is 11.9. The van der Waals surface area contributed by atoms with Gasteiger partial charge in [0.1, 0.15) is 0 Å². The number of hydrogen-bond donors (Lipinski definition) is 1. The molecule has 3 heteroatoms. The summed E-state index contributed by atoms with van der Waals surface area (Å²) in [4.78, 5) is 0. The summed E-state index contributed by atoms with van der Waals surface area (Å²) in [6.07, 6.45) is 3.08. The van der Waals surface area contributed by atoms with Gasteiger partial charge >= 0.3 is 0 Å². The largest absolute Gasteiger partial charge is 0.308 e.